The van der Waals surface area contributed by atoms with Crippen molar-refractivity contribution in [2.24, 2.45) is 0 Å². The van der Waals surface area contributed by atoms with E-state index >= 15 is 0 Å². The third kappa shape index (κ3) is 3.49. The molecule has 0 spiro atoms. The number of fused-ring (bicyclic) bond motifs is 3. The Morgan fingerprint density at radius 1 is 0.929 bits per heavy atom. The average molecular weight is 395 g/mol. The summed E-state index contributed by atoms with van der Waals surface area (Å²) in [4.78, 5) is 11.6. The number of rotatable bonds is 6. The van der Waals surface area contributed by atoms with E-state index < -0.39 is 22.0 Å². The van der Waals surface area contributed by atoms with Crippen molar-refractivity contribution in [2.45, 2.75) is 17.4 Å². The number of benzene rings is 3. The fraction of sp³-hybridized carbons (Fsp3) is 0.0952. The van der Waals surface area contributed by atoms with Crippen LogP contribution in [-0.4, -0.2) is 25.5 Å². The predicted octanol–water partition coefficient (Wildman–Crippen LogP) is 3.56. The zero-order valence-corrected chi connectivity index (χ0v) is 15.5. The van der Waals surface area contributed by atoms with Crippen molar-refractivity contribution in [2.75, 3.05) is 0 Å². The number of hydrogen-bond donors (Lipinski definition) is 2. The van der Waals surface area contributed by atoms with E-state index in [2.05, 4.69) is 4.72 Å². The molecule has 0 saturated carbocycles. The number of carboxylic acid groups (broad SMARTS) is 1. The highest BCUT2D eigenvalue weighted by Crippen LogP contribution is 2.30. The topological polar surface area (TPSA) is 96.6 Å². The lowest BCUT2D eigenvalue weighted by Crippen LogP contribution is -2.42. The van der Waals surface area contributed by atoms with Crippen LogP contribution in [0.4, 0.5) is 0 Å². The molecule has 142 valence electrons. The van der Waals surface area contributed by atoms with E-state index in [9.17, 15) is 18.3 Å². The Balaban J connectivity index is 1.68. The van der Waals surface area contributed by atoms with Crippen LogP contribution in [0.1, 0.15) is 5.56 Å². The molecule has 1 atom stereocenters. The zero-order valence-electron chi connectivity index (χ0n) is 14.7. The first-order valence-corrected chi connectivity index (χ1v) is 10.1. The molecule has 0 fully saturated rings. The van der Waals surface area contributed by atoms with Gasteiger partial charge in [-0.15, -0.1) is 0 Å². The van der Waals surface area contributed by atoms with Gasteiger partial charge < -0.3 is 9.52 Å². The number of furan rings is 1. The Bertz CT molecular complexity index is 1260. The van der Waals surface area contributed by atoms with Gasteiger partial charge in [0, 0.05) is 10.8 Å². The highest BCUT2D eigenvalue weighted by molar-refractivity contribution is 7.89. The lowest BCUT2D eigenvalue weighted by atomic mass is 10.1. The van der Waals surface area contributed by atoms with Crippen LogP contribution < -0.4 is 4.72 Å². The van der Waals surface area contributed by atoms with E-state index in [0.29, 0.717) is 16.6 Å². The van der Waals surface area contributed by atoms with Gasteiger partial charge in [-0.1, -0.05) is 48.5 Å². The van der Waals surface area contributed by atoms with Crippen LogP contribution in [0.15, 0.2) is 82.1 Å². The van der Waals surface area contributed by atoms with Gasteiger partial charge in [0.15, 0.2) is 0 Å². The standard InChI is InChI=1S/C21H17NO5S/c23-21(24)18(12-14-6-2-1-3-7-14)22-28(25,26)15-10-11-20-17(13-15)16-8-4-5-9-19(16)27-20/h1-11,13,18,22H,12H2,(H,23,24)/t18-/m0/s1. The van der Waals surface area contributed by atoms with E-state index in [1.807, 2.05) is 30.3 Å². The molecule has 0 saturated heterocycles. The number of para-hydroxylation sites is 1. The van der Waals surface area contributed by atoms with Gasteiger partial charge in [0.05, 0.1) is 4.90 Å². The van der Waals surface area contributed by atoms with Crippen LogP contribution in [0.2, 0.25) is 0 Å². The minimum atomic E-state index is -4.04. The summed E-state index contributed by atoms with van der Waals surface area (Å²) in [6.07, 6.45) is 0.0479. The normalized spacial score (nSPS) is 13.0. The quantitative estimate of drug-likeness (QED) is 0.520. The molecule has 0 radical (unpaired) electrons. The summed E-state index contributed by atoms with van der Waals surface area (Å²) in [7, 11) is -4.04. The molecule has 0 amide bonds. The van der Waals surface area contributed by atoms with Crippen molar-refractivity contribution in [1.29, 1.82) is 0 Å². The Hall–Kier alpha value is -3.16. The Labute approximate surface area is 161 Å². The van der Waals surface area contributed by atoms with Crippen molar-refractivity contribution in [3.05, 3.63) is 78.4 Å². The van der Waals surface area contributed by atoms with E-state index in [1.165, 1.54) is 12.1 Å². The molecule has 6 nitrogen and oxygen atoms in total. The predicted molar refractivity (Wildman–Crippen MR) is 106 cm³/mol. The van der Waals surface area contributed by atoms with Gasteiger partial charge in [-0.3, -0.25) is 4.79 Å². The van der Waals surface area contributed by atoms with Crippen LogP contribution in [0.5, 0.6) is 0 Å². The molecule has 7 heteroatoms. The van der Waals surface area contributed by atoms with E-state index in [-0.39, 0.29) is 11.3 Å². The van der Waals surface area contributed by atoms with E-state index in [0.717, 1.165) is 10.9 Å². The van der Waals surface area contributed by atoms with Crippen LogP contribution in [0.3, 0.4) is 0 Å². The molecule has 4 rings (SSSR count). The third-order valence-corrected chi connectivity index (χ3v) is 6.01. The molecule has 2 N–H and O–H groups in total. The second kappa shape index (κ2) is 7.10. The maximum atomic E-state index is 12.8. The van der Waals surface area contributed by atoms with Crippen molar-refractivity contribution in [3.8, 4) is 0 Å². The largest absolute Gasteiger partial charge is 0.480 e. The Kier molecular flexibility index (Phi) is 4.62. The summed E-state index contributed by atoms with van der Waals surface area (Å²) in [5.74, 6) is -1.23. The van der Waals surface area contributed by atoms with E-state index in [4.69, 9.17) is 4.42 Å². The maximum Gasteiger partial charge on any atom is 0.322 e. The Morgan fingerprint density at radius 3 is 2.36 bits per heavy atom. The lowest BCUT2D eigenvalue weighted by Gasteiger charge is -2.15. The average Bonchev–Trinajstić information content (AvgIpc) is 3.06. The van der Waals surface area contributed by atoms with Gasteiger partial charge in [0.2, 0.25) is 10.0 Å². The Morgan fingerprint density at radius 2 is 1.61 bits per heavy atom. The van der Waals surface area contributed by atoms with Gasteiger partial charge in [0.25, 0.3) is 0 Å². The monoisotopic (exact) mass is 395 g/mol. The minimum Gasteiger partial charge on any atom is -0.480 e. The first kappa shape index (κ1) is 18.2. The summed E-state index contributed by atoms with van der Waals surface area (Å²) in [5, 5.41) is 10.9. The minimum absolute atomic E-state index is 0.00846. The molecule has 1 aromatic heterocycles. The molecule has 1 heterocycles. The lowest BCUT2D eigenvalue weighted by molar-refractivity contribution is -0.138. The first-order chi connectivity index (χ1) is 13.4. The van der Waals surface area contributed by atoms with Crippen LogP contribution in [0.25, 0.3) is 21.9 Å². The fourth-order valence-corrected chi connectivity index (χ4v) is 4.37. The molecular weight excluding hydrogens is 378 g/mol. The second-order valence-corrected chi connectivity index (χ2v) is 8.17. The molecule has 0 aliphatic rings. The zero-order chi connectivity index (χ0) is 19.7. The van der Waals surface area contributed by atoms with E-state index in [1.54, 1.807) is 30.3 Å². The molecule has 28 heavy (non-hydrogen) atoms. The van der Waals surface area contributed by atoms with Crippen molar-refractivity contribution < 1.29 is 22.7 Å². The molecule has 0 unspecified atom stereocenters. The highest BCUT2D eigenvalue weighted by atomic mass is 32.2. The van der Waals surface area contributed by atoms with Crippen molar-refractivity contribution in [1.82, 2.24) is 4.72 Å². The van der Waals surface area contributed by atoms with Crippen LogP contribution >= 0.6 is 0 Å². The van der Waals surface area contributed by atoms with Crippen molar-refractivity contribution >= 4 is 37.9 Å². The SMILES string of the molecule is O=C(O)[C@H](Cc1ccccc1)NS(=O)(=O)c1ccc2oc3ccccc3c2c1. The van der Waals surface area contributed by atoms with Gasteiger partial charge in [-0.25, -0.2) is 8.42 Å². The number of hydrogen-bond acceptors (Lipinski definition) is 4. The van der Waals surface area contributed by atoms with Gasteiger partial charge >= 0.3 is 5.97 Å². The van der Waals surface area contributed by atoms with Gasteiger partial charge in [0.1, 0.15) is 17.2 Å². The molecule has 3 aromatic carbocycles. The number of aliphatic carboxylic acids is 1. The summed E-state index contributed by atoms with van der Waals surface area (Å²) < 4.78 is 33.7. The van der Waals surface area contributed by atoms with Gasteiger partial charge in [-0.2, -0.15) is 4.72 Å². The molecule has 0 aliphatic heterocycles. The second-order valence-electron chi connectivity index (χ2n) is 6.46. The number of sulfonamides is 1. The highest BCUT2D eigenvalue weighted by Gasteiger charge is 2.26. The molecule has 0 aliphatic carbocycles. The number of carbonyl (C=O) groups is 1. The number of carboxylic acids is 1. The first-order valence-electron chi connectivity index (χ1n) is 8.64. The van der Waals surface area contributed by atoms with Gasteiger partial charge in [-0.05, 0) is 36.2 Å². The summed E-state index contributed by atoms with van der Waals surface area (Å²) in [6, 6.07) is 19.4. The number of nitrogens with one attached hydrogen (secondary N) is 1. The van der Waals surface area contributed by atoms with Crippen LogP contribution in [0, 0.1) is 0 Å². The molecule has 4 aromatic rings. The maximum absolute atomic E-state index is 12.8. The molecule has 0 bridgehead atoms. The molecular formula is C21H17NO5S. The smallest absolute Gasteiger partial charge is 0.322 e. The summed E-state index contributed by atoms with van der Waals surface area (Å²) in [5.41, 5.74) is 1.96. The summed E-state index contributed by atoms with van der Waals surface area (Å²) >= 11 is 0. The third-order valence-electron chi connectivity index (χ3n) is 4.54. The van der Waals surface area contributed by atoms with Crippen molar-refractivity contribution in [3.63, 3.8) is 0 Å². The summed E-state index contributed by atoms with van der Waals surface area (Å²) in [6.45, 7) is 0. The fourth-order valence-electron chi connectivity index (χ4n) is 3.16. The van der Waals surface area contributed by atoms with Crippen LogP contribution in [-0.2, 0) is 21.2 Å².